The lowest BCUT2D eigenvalue weighted by atomic mass is 10.1. The molecule has 17 heavy (non-hydrogen) atoms. The molecule has 0 bridgehead atoms. The molecular formula is C11H12N4O2. The molecule has 2 rings (SSSR count). The molecule has 88 valence electrons. The number of anilines is 1. The van der Waals surface area contributed by atoms with Crippen LogP contribution in [0.2, 0.25) is 0 Å². The summed E-state index contributed by atoms with van der Waals surface area (Å²) < 4.78 is 1.84. The third-order valence-corrected chi connectivity index (χ3v) is 2.63. The van der Waals surface area contributed by atoms with Gasteiger partial charge in [0.2, 0.25) is 0 Å². The second-order valence-electron chi connectivity index (χ2n) is 3.80. The Labute approximate surface area is 97.9 Å². The van der Waals surface area contributed by atoms with Gasteiger partial charge < -0.3 is 10.3 Å². The van der Waals surface area contributed by atoms with Gasteiger partial charge in [-0.25, -0.2) is 4.98 Å². The quantitative estimate of drug-likeness (QED) is 0.487. The fraction of sp³-hybridized carbons (Fsp3) is 0.182. The normalized spacial score (nSPS) is 10.5. The van der Waals surface area contributed by atoms with Crippen molar-refractivity contribution in [3.8, 4) is 5.69 Å². The van der Waals surface area contributed by atoms with E-state index in [0.29, 0.717) is 0 Å². The number of rotatable bonds is 2. The lowest BCUT2D eigenvalue weighted by molar-refractivity contribution is -0.383. The summed E-state index contributed by atoms with van der Waals surface area (Å²) in [7, 11) is 0. The largest absolute Gasteiger partial charge is 0.393 e. The molecule has 6 nitrogen and oxygen atoms in total. The first-order valence-electron chi connectivity index (χ1n) is 5.05. The monoisotopic (exact) mass is 232 g/mol. The van der Waals surface area contributed by atoms with Gasteiger partial charge in [-0.2, -0.15) is 0 Å². The van der Waals surface area contributed by atoms with E-state index in [1.165, 1.54) is 6.07 Å². The predicted octanol–water partition coefficient (Wildman–Crippen LogP) is 1.98. The number of aromatic nitrogens is 2. The molecule has 0 amide bonds. The van der Waals surface area contributed by atoms with Gasteiger partial charge in [0, 0.05) is 18.5 Å². The van der Waals surface area contributed by atoms with E-state index in [9.17, 15) is 10.1 Å². The highest BCUT2D eigenvalue weighted by atomic mass is 16.6. The zero-order valence-electron chi connectivity index (χ0n) is 9.54. The number of hydrogen-bond acceptors (Lipinski definition) is 4. The molecule has 1 aromatic carbocycles. The van der Waals surface area contributed by atoms with Crippen molar-refractivity contribution in [3.05, 3.63) is 46.0 Å². The van der Waals surface area contributed by atoms with Gasteiger partial charge in [0.15, 0.2) is 0 Å². The molecule has 2 N–H and O–H groups in total. The van der Waals surface area contributed by atoms with Crippen LogP contribution >= 0.6 is 0 Å². The summed E-state index contributed by atoms with van der Waals surface area (Å²) in [6.45, 7) is 3.66. The predicted molar refractivity (Wildman–Crippen MR) is 64.1 cm³/mol. The maximum absolute atomic E-state index is 10.7. The van der Waals surface area contributed by atoms with Crippen molar-refractivity contribution in [1.82, 2.24) is 9.55 Å². The summed E-state index contributed by atoms with van der Waals surface area (Å²) in [4.78, 5) is 14.4. The molecule has 0 aliphatic carbocycles. The van der Waals surface area contributed by atoms with Crippen LogP contribution in [0.25, 0.3) is 5.69 Å². The standard InChI is InChI=1S/C11H12N4O2/c1-7-5-11(15(16)17)9(12)6-10(7)14-4-3-13-8(14)2/h3-6H,12H2,1-2H3. The van der Waals surface area contributed by atoms with E-state index < -0.39 is 4.92 Å². The molecule has 2 aromatic rings. The van der Waals surface area contributed by atoms with Crippen molar-refractivity contribution in [2.45, 2.75) is 13.8 Å². The lowest BCUT2D eigenvalue weighted by Gasteiger charge is -2.10. The molecule has 1 aromatic heterocycles. The van der Waals surface area contributed by atoms with Crippen molar-refractivity contribution < 1.29 is 4.92 Å². The van der Waals surface area contributed by atoms with Gasteiger partial charge in [-0.3, -0.25) is 10.1 Å². The van der Waals surface area contributed by atoms with Crippen LogP contribution in [-0.2, 0) is 0 Å². The zero-order valence-corrected chi connectivity index (χ0v) is 9.54. The number of hydrogen-bond donors (Lipinski definition) is 1. The number of aryl methyl sites for hydroxylation is 2. The topological polar surface area (TPSA) is 87.0 Å². The Hall–Kier alpha value is -2.37. The number of nitrogens with two attached hydrogens (primary N) is 1. The van der Waals surface area contributed by atoms with Crippen LogP contribution in [0.5, 0.6) is 0 Å². The average Bonchev–Trinajstić information content (AvgIpc) is 2.67. The molecule has 0 spiro atoms. The fourth-order valence-corrected chi connectivity index (χ4v) is 1.75. The minimum atomic E-state index is -0.479. The van der Waals surface area contributed by atoms with Gasteiger partial charge in [0.25, 0.3) is 5.69 Å². The van der Waals surface area contributed by atoms with E-state index >= 15 is 0 Å². The van der Waals surface area contributed by atoms with Gasteiger partial charge in [-0.15, -0.1) is 0 Å². The minimum Gasteiger partial charge on any atom is -0.393 e. The van der Waals surface area contributed by atoms with Crippen LogP contribution in [0.1, 0.15) is 11.4 Å². The van der Waals surface area contributed by atoms with Gasteiger partial charge in [0.1, 0.15) is 11.5 Å². The SMILES string of the molecule is Cc1cc([N+](=O)[O-])c(N)cc1-n1ccnc1C. The maximum atomic E-state index is 10.7. The molecule has 0 fully saturated rings. The number of nitrogens with zero attached hydrogens (tertiary/aromatic N) is 3. The molecular weight excluding hydrogens is 220 g/mol. The Morgan fingerprint density at radius 1 is 1.41 bits per heavy atom. The van der Waals surface area contributed by atoms with Crippen LogP contribution in [0, 0.1) is 24.0 Å². The van der Waals surface area contributed by atoms with Crippen LogP contribution < -0.4 is 5.73 Å². The third kappa shape index (κ3) is 1.84. The highest BCUT2D eigenvalue weighted by Crippen LogP contribution is 2.28. The third-order valence-electron chi connectivity index (χ3n) is 2.63. The molecule has 0 saturated carbocycles. The maximum Gasteiger partial charge on any atom is 0.292 e. The summed E-state index contributed by atoms with van der Waals surface area (Å²) in [5.74, 6) is 0.807. The van der Waals surface area contributed by atoms with Crippen molar-refractivity contribution in [3.63, 3.8) is 0 Å². The number of nitro benzene ring substituents is 1. The van der Waals surface area contributed by atoms with Crippen LogP contribution in [-0.4, -0.2) is 14.5 Å². The van der Waals surface area contributed by atoms with Gasteiger partial charge >= 0.3 is 0 Å². The second-order valence-corrected chi connectivity index (χ2v) is 3.80. The molecule has 0 atom stereocenters. The van der Waals surface area contributed by atoms with E-state index in [2.05, 4.69) is 4.98 Å². The second kappa shape index (κ2) is 3.89. The summed E-state index contributed by atoms with van der Waals surface area (Å²) >= 11 is 0. The van der Waals surface area contributed by atoms with Crippen molar-refractivity contribution in [2.75, 3.05) is 5.73 Å². The van der Waals surface area contributed by atoms with Crippen LogP contribution in [0.3, 0.4) is 0 Å². The summed E-state index contributed by atoms with van der Waals surface area (Å²) in [5, 5.41) is 10.7. The number of benzene rings is 1. The highest BCUT2D eigenvalue weighted by molar-refractivity contribution is 5.65. The first-order valence-corrected chi connectivity index (χ1v) is 5.05. The van der Waals surface area contributed by atoms with Crippen LogP contribution in [0.15, 0.2) is 24.5 Å². The first kappa shape index (κ1) is 11.1. The van der Waals surface area contributed by atoms with E-state index in [0.717, 1.165) is 17.1 Å². The number of nitrogen functional groups attached to an aromatic ring is 1. The van der Waals surface area contributed by atoms with E-state index in [1.807, 2.05) is 11.5 Å². The van der Waals surface area contributed by atoms with Crippen molar-refractivity contribution >= 4 is 11.4 Å². The van der Waals surface area contributed by atoms with E-state index in [4.69, 9.17) is 5.73 Å². The Kier molecular flexibility index (Phi) is 2.55. The first-order chi connectivity index (χ1) is 8.00. The molecule has 6 heteroatoms. The summed E-state index contributed by atoms with van der Waals surface area (Å²) in [5.41, 5.74) is 7.36. The number of imidazole rings is 1. The summed E-state index contributed by atoms with van der Waals surface area (Å²) in [6, 6.07) is 3.08. The Bertz CT molecular complexity index is 589. The Morgan fingerprint density at radius 3 is 2.65 bits per heavy atom. The molecule has 1 heterocycles. The smallest absolute Gasteiger partial charge is 0.292 e. The summed E-state index contributed by atoms with van der Waals surface area (Å²) in [6.07, 6.45) is 3.47. The molecule has 0 radical (unpaired) electrons. The molecule has 0 saturated heterocycles. The van der Waals surface area contributed by atoms with E-state index in [1.54, 1.807) is 25.4 Å². The Balaban J connectivity index is 2.62. The van der Waals surface area contributed by atoms with E-state index in [-0.39, 0.29) is 11.4 Å². The molecule has 0 aliphatic rings. The number of nitro groups is 1. The molecule has 0 unspecified atom stereocenters. The zero-order chi connectivity index (χ0) is 12.6. The van der Waals surface area contributed by atoms with Gasteiger partial charge in [-0.1, -0.05) is 0 Å². The molecule has 0 aliphatic heterocycles. The van der Waals surface area contributed by atoms with Gasteiger partial charge in [0.05, 0.1) is 10.6 Å². The van der Waals surface area contributed by atoms with Gasteiger partial charge in [-0.05, 0) is 25.5 Å². The van der Waals surface area contributed by atoms with Crippen molar-refractivity contribution in [1.29, 1.82) is 0 Å². The lowest BCUT2D eigenvalue weighted by Crippen LogP contribution is -2.03. The minimum absolute atomic E-state index is 0.0657. The Morgan fingerprint density at radius 2 is 2.12 bits per heavy atom. The average molecular weight is 232 g/mol. The highest BCUT2D eigenvalue weighted by Gasteiger charge is 2.15. The fourth-order valence-electron chi connectivity index (χ4n) is 1.75. The van der Waals surface area contributed by atoms with Crippen LogP contribution in [0.4, 0.5) is 11.4 Å². The van der Waals surface area contributed by atoms with Crippen molar-refractivity contribution in [2.24, 2.45) is 0 Å².